The number of alkyl halides is 3. The molecule has 1 aromatic rings. The third kappa shape index (κ3) is 3.67. The molecule has 106 valence electrons. The van der Waals surface area contributed by atoms with E-state index in [-0.39, 0.29) is 0 Å². The molecule has 1 unspecified atom stereocenters. The molecule has 1 atom stereocenters. The third-order valence-electron chi connectivity index (χ3n) is 2.24. The lowest BCUT2D eigenvalue weighted by atomic mass is 10.2. The van der Waals surface area contributed by atoms with Crippen LogP contribution < -0.4 is 5.73 Å². The molecule has 0 aliphatic heterocycles. The molecule has 0 aliphatic rings. The van der Waals surface area contributed by atoms with Gasteiger partial charge in [0.25, 0.3) is 0 Å². The van der Waals surface area contributed by atoms with Gasteiger partial charge in [0.05, 0.1) is 16.2 Å². The summed E-state index contributed by atoms with van der Waals surface area (Å²) >= 11 is 0. The average molecular weight is 297 g/mol. The van der Waals surface area contributed by atoms with Crippen LogP contribution in [0.1, 0.15) is 5.56 Å². The van der Waals surface area contributed by atoms with Gasteiger partial charge >= 0.3 is 12.1 Å². The van der Waals surface area contributed by atoms with Gasteiger partial charge in [0.15, 0.2) is 9.84 Å². The van der Waals surface area contributed by atoms with Gasteiger partial charge in [-0.25, -0.2) is 8.42 Å². The Morgan fingerprint density at radius 3 is 2.32 bits per heavy atom. The minimum atomic E-state index is -4.85. The fraction of sp³-hybridized carbons (Fsp3) is 0.300. The van der Waals surface area contributed by atoms with E-state index in [0.29, 0.717) is 6.07 Å². The van der Waals surface area contributed by atoms with E-state index >= 15 is 0 Å². The highest BCUT2D eigenvalue weighted by molar-refractivity contribution is 7.91. The van der Waals surface area contributed by atoms with Crippen molar-refractivity contribution in [3.05, 3.63) is 29.8 Å². The van der Waals surface area contributed by atoms with E-state index < -0.39 is 44.2 Å². The smallest absolute Gasteiger partial charge is 0.417 e. The van der Waals surface area contributed by atoms with Crippen LogP contribution in [-0.2, 0) is 20.8 Å². The second-order valence-electron chi connectivity index (χ2n) is 3.72. The molecule has 19 heavy (non-hydrogen) atoms. The van der Waals surface area contributed by atoms with E-state index in [1.807, 2.05) is 0 Å². The van der Waals surface area contributed by atoms with Crippen molar-refractivity contribution in [1.29, 1.82) is 0 Å². The van der Waals surface area contributed by atoms with Crippen LogP contribution in [0.5, 0.6) is 0 Å². The molecule has 0 aromatic heterocycles. The highest BCUT2D eigenvalue weighted by atomic mass is 32.2. The number of benzene rings is 1. The number of aliphatic carboxylic acids is 1. The van der Waals surface area contributed by atoms with Crippen molar-refractivity contribution in [3.8, 4) is 0 Å². The highest BCUT2D eigenvalue weighted by Crippen LogP contribution is 2.34. The standard InChI is InChI=1S/C10H10F3NO4S/c11-10(12,13)6-3-1-2-4-8(6)19(17,18)5-7(14)9(15)16/h1-4,7H,5,14H2,(H,15,16). The molecule has 0 saturated carbocycles. The highest BCUT2D eigenvalue weighted by Gasteiger charge is 2.37. The van der Waals surface area contributed by atoms with E-state index in [4.69, 9.17) is 10.8 Å². The molecule has 0 fully saturated rings. The molecule has 0 bridgehead atoms. The van der Waals surface area contributed by atoms with Gasteiger partial charge < -0.3 is 10.8 Å². The first-order chi connectivity index (χ1) is 8.55. The Morgan fingerprint density at radius 2 is 1.84 bits per heavy atom. The Balaban J connectivity index is 3.27. The van der Waals surface area contributed by atoms with Crippen molar-refractivity contribution < 1.29 is 31.5 Å². The Morgan fingerprint density at radius 1 is 1.32 bits per heavy atom. The number of carboxylic acid groups (broad SMARTS) is 1. The van der Waals surface area contributed by atoms with Gasteiger partial charge in [-0.2, -0.15) is 13.2 Å². The zero-order valence-corrected chi connectivity index (χ0v) is 10.2. The van der Waals surface area contributed by atoms with Gasteiger partial charge in [0, 0.05) is 0 Å². The topological polar surface area (TPSA) is 97.5 Å². The number of carboxylic acids is 1. The van der Waals surface area contributed by atoms with Gasteiger partial charge in [0.1, 0.15) is 6.04 Å². The van der Waals surface area contributed by atoms with Crippen molar-refractivity contribution in [1.82, 2.24) is 0 Å². The number of nitrogens with two attached hydrogens (primary N) is 1. The van der Waals surface area contributed by atoms with Gasteiger partial charge in [-0.1, -0.05) is 12.1 Å². The molecule has 0 aliphatic carbocycles. The largest absolute Gasteiger partial charge is 0.480 e. The van der Waals surface area contributed by atoms with Crippen LogP contribution in [0.2, 0.25) is 0 Å². The zero-order valence-electron chi connectivity index (χ0n) is 9.39. The first kappa shape index (κ1) is 15.4. The van der Waals surface area contributed by atoms with Gasteiger partial charge in [-0.3, -0.25) is 4.79 Å². The number of rotatable bonds is 4. The fourth-order valence-corrected chi connectivity index (χ4v) is 2.97. The Bertz CT molecular complexity index is 583. The van der Waals surface area contributed by atoms with Crippen molar-refractivity contribution in [2.75, 3.05) is 5.75 Å². The quantitative estimate of drug-likeness (QED) is 0.860. The summed E-state index contributed by atoms with van der Waals surface area (Å²) in [7, 11) is -4.44. The Labute approximate surface area is 106 Å². The summed E-state index contributed by atoms with van der Waals surface area (Å²) in [6, 6.07) is 1.76. The van der Waals surface area contributed by atoms with E-state index in [1.165, 1.54) is 0 Å². The SMILES string of the molecule is NC(CS(=O)(=O)c1ccccc1C(F)(F)F)C(=O)O. The van der Waals surface area contributed by atoms with Crippen LogP contribution in [0.25, 0.3) is 0 Å². The minimum absolute atomic E-state index is 0.610. The summed E-state index contributed by atoms with van der Waals surface area (Å²) in [6.45, 7) is 0. The van der Waals surface area contributed by atoms with Crippen LogP contribution in [-0.4, -0.2) is 31.3 Å². The molecule has 0 saturated heterocycles. The molecule has 0 radical (unpaired) electrons. The summed E-state index contributed by atoms with van der Waals surface area (Å²) in [6.07, 6.45) is -4.85. The second kappa shape index (κ2) is 5.17. The van der Waals surface area contributed by atoms with Gasteiger partial charge in [0.2, 0.25) is 0 Å². The van der Waals surface area contributed by atoms with Crippen LogP contribution in [0, 0.1) is 0 Å². The first-order valence-corrected chi connectivity index (χ1v) is 6.58. The van der Waals surface area contributed by atoms with Gasteiger partial charge in [-0.15, -0.1) is 0 Å². The number of sulfone groups is 1. The maximum atomic E-state index is 12.7. The predicted molar refractivity (Wildman–Crippen MR) is 59.1 cm³/mol. The number of carbonyl (C=O) groups is 1. The first-order valence-electron chi connectivity index (χ1n) is 4.93. The Hall–Kier alpha value is -1.61. The van der Waals surface area contributed by atoms with Crippen LogP contribution >= 0.6 is 0 Å². The summed E-state index contributed by atoms with van der Waals surface area (Å²) in [5.41, 5.74) is 3.70. The summed E-state index contributed by atoms with van der Waals surface area (Å²) in [5, 5.41) is 8.51. The van der Waals surface area contributed by atoms with E-state index in [2.05, 4.69) is 0 Å². The number of halogens is 3. The zero-order chi connectivity index (χ0) is 14.8. The van der Waals surface area contributed by atoms with Crippen molar-refractivity contribution >= 4 is 15.8 Å². The summed E-state index contributed by atoms with van der Waals surface area (Å²) < 4.78 is 61.5. The maximum absolute atomic E-state index is 12.7. The second-order valence-corrected chi connectivity index (χ2v) is 5.72. The molecule has 5 nitrogen and oxygen atoms in total. The molecule has 3 N–H and O–H groups in total. The van der Waals surface area contributed by atoms with Crippen LogP contribution in [0.4, 0.5) is 13.2 Å². The molecular weight excluding hydrogens is 287 g/mol. The third-order valence-corrected chi connectivity index (χ3v) is 4.07. The number of hydrogen-bond donors (Lipinski definition) is 2. The lowest BCUT2D eigenvalue weighted by Crippen LogP contribution is -2.37. The summed E-state index contributed by atoms with van der Waals surface area (Å²) in [4.78, 5) is 9.51. The predicted octanol–water partition coefficient (Wildman–Crippen LogP) is 0.891. The monoisotopic (exact) mass is 297 g/mol. The number of hydrogen-bond acceptors (Lipinski definition) is 4. The minimum Gasteiger partial charge on any atom is -0.480 e. The molecule has 0 spiro atoms. The van der Waals surface area contributed by atoms with E-state index in [1.54, 1.807) is 0 Å². The molecular formula is C10H10F3NO4S. The van der Waals surface area contributed by atoms with Crippen molar-refractivity contribution in [2.45, 2.75) is 17.1 Å². The Kier molecular flexibility index (Phi) is 4.21. The molecule has 1 aromatic carbocycles. The maximum Gasteiger partial charge on any atom is 0.417 e. The molecule has 1 rings (SSSR count). The van der Waals surface area contributed by atoms with Crippen LogP contribution in [0.15, 0.2) is 29.2 Å². The average Bonchev–Trinajstić information content (AvgIpc) is 2.27. The molecule has 0 heterocycles. The fourth-order valence-electron chi connectivity index (χ4n) is 1.37. The molecule has 9 heteroatoms. The lowest BCUT2D eigenvalue weighted by Gasteiger charge is -2.14. The van der Waals surface area contributed by atoms with Crippen LogP contribution in [0.3, 0.4) is 0 Å². The summed E-state index contributed by atoms with van der Waals surface area (Å²) in [5.74, 6) is -2.71. The van der Waals surface area contributed by atoms with Crippen molar-refractivity contribution in [2.24, 2.45) is 5.73 Å². The normalized spacial score (nSPS) is 14.1. The lowest BCUT2D eigenvalue weighted by molar-refractivity contribution is -0.140. The van der Waals surface area contributed by atoms with E-state index in [0.717, 1.165) is 18.2 Å². The van der Waals surface area contributed by atoms with Crippen molar-refractivity contribution in [3.63, 3.8) is 0 Å². The van der Waals surface area contributed by atoms with Gasteiger partial charge in [-0.05, 0) is 12.1 Å². The molecule has 0 amide bonds. The van der Waals surface area contributed by atoms with E-state index in [9.17, 15) is 26.4 Å².